The first-order valence-electron chi connectivity index (χ1n) is 14.2. The van der Waals surface area contributed by atoms with E-state index in [2.05, 4.69) is 5.32 Å². The molecule has 2 aromatic carbocycles. The normalized spacial score (nSPS) is 22.6. The molecule has 2 heterocycles. The van der Waals surface area contributed by atoms with Crippen LogP contribution in [0.3, 0.4) is 0 Å². The van der Waals surface area contributed by atoms with Gasteiger partial charge in [-0.25, -0.2) is 14.8 Å². The SMILES string of the molecule is CCN1CC(=O)N2[C@@H](Cc3ccc(O)cc3)C(=O)N(CC3CCCCC3)C[C@@H]2N1C(=O)NCc1ccccc1. The Labute approximate surface area is 230 Å². The van der Waals surface area contributed by atoms with E-state index in [0.29, 0.717) is 38.5 Å². The molecule has 208 valence electrons. The second kappa shape index (κ2) is 12.1. The molecule has 2 aliphatic heterocycles. The second-order valence-electron chi connectivity index (χ2n) is 10.9. The van der Waals surface area contributed by atoms with Crippen LogP contribution in [-0.4, -0.2) is 81.2 Å². The van der Waals surface area contributed by atoms with Crippen molar-refractivity contribution in [2.24, 2.45) is 5.92 Å². The van der Waals surface area contributed by atoms with Crippen LogP contribution in [0.4, 0.5) is 4.79 Å². The third kappa shape index (κ3) is 6.03. The van der Waals surface area contributed by atoms with E-state index in [9.17, 15) is 19.5 Å². The molecule has 2 atom stereocenters. The van der Waals surface area contributed by atoms with Crippen molar-refractivity contribution in [3.63, 3.8) is 0 Å². The molecule has 0 unspecified atom stereocenters. The van der Waals surface area contributed by atoms with Gasteiger partial charge >= 0.3 is 6.03 Å². The molecule has 0 bridgehead atoms. The molecule has 1 aliphatic carbocycles. The lowest BCUT2D eigenvalue weighted by Gasteiger charge is -2.55. The Morgan fingerprint density at radius 1 is 0.974 bits per heavy atom. The summed E-state index contributed by atoms with van der Waals surface area (Å²) in [6.07, 6.45) is 5.52. The topological polar surface area (TPSA) is 96.4 Å². The van der Waals surface area contributed by atoms with E-state index in [1.54, 1.807) is 39.2 Å². The van der Waals surface area contributed by atoms with Gasteiger partial charge < -0.3 is 20.2 Å². The zero-order chi connectivity index (χ0) is 27.4. The summed E-state index contributed by atoms with van der Waals surface area (Å²) in [6.45, 7) is 3.78. The fraction of sp³-hybridized carbons (Fsp3) is 0.500. The summed E-state index contributed by atoms with van der Waals surface area (Å²) >= 11 is 0. The molecule has 2 N–H and O–H groups in total. The van der Waals surface area contributed by atoms with Crippen LogP contribution in [0.5, 0.6) is 5.75 Å². The average Bonchev–Trinajstić information content (AvgIpc) is 2.96. The molecule has 4 amide bonds. The van der Waals surface area contributed by atoms with Gasteiger partial charge in [-0.2, -0.15) is 0 Å². The van der Waals surface area contributed by atoms with Gasteiger partial charge in [0, 0.05) is 26.1 Å². The molecule has 3 aliphatic rings. The largest absolute Gasteiger partial charge is 0.508 e. The number of likely N-dealkylation sites (N-methyl/N-ethyl adjacent to an activating group) is 1. The summed E-state index contributed by atoms with van der Waals surface area (Å²) in [5.41, 5.74) is 1.84. The van der Waals surface area contributed by atoms with Gasteiger partial charge in [-0.15, -0.1) is 0 Å². The van der Waals surface area contributed by atoms with Crippen molar-refractivity contribution in [1.29, 1.82) is 0 Å². The number of carbonyl (C=O) groups excluding carboxylic acids is 3. The minimum Gasteiger partial charge on any atom is -0.508 e. The van der Waals surface area contributed by atoms with E-state index in [4.69, 9.17) is 0 Å². The van der Waals surface area contributed by atoms with Crippen LogP contribution in [-0.2, 0) is 22.6 Å². The predicted molar refractivity (Wildman–Crippen MR) is 147 cm³/mol. The van der Waals surface area contributed by atoms with E-state index >= 15 is 0 Å². The van der Waals surface area contributed by atoms with Crippen molar-refractivity contribution in [3.8, 4) is 5.75 Å². The summed E-state index contributed by atoms with van der Waals surface area (Å²) in [5.74, 6) is 0.376. The smallest absolute Gasteiger partial charge is 0.334 e. The Morgan fingerprint density at radius 3 is 2.38 bits per heavy atom. The molecule has 39 heavy (non-hydrogen) atoms. The Morgan fingerprint density at radius 2 is 1.69 bits per heavy atom. The quantitative estimate of drug-likeness (QED) is 0.569. The van der Waals surface area contributed by atoms with Gasteiger partial charge in [0.25, 0.3) is 0 Å². The number of carbonyl (C=O) groups is 3. The number of aromatic hydroxyl groups is 1. The molecule has 5 rings (SSSR count). The minimum absolute atomic E-state index is 0.0355. The van der Waals surface area contributed by atoms with E-state index in [0.717, 1.165) is 24.0 Å². The number of phenolic OH excluding ortho intramolecular Hbond substituents is 1. The van der Waals surface area contributed by atoms with Crippen LogP contribution in [0, 0.1) is 5.92 Å². The number of hydrazine groups is 1. The fourth-order valence-electron chi connectivity index (χ4n) is 6.22. The number of urea groups is 1. The van der Waals surface area contributed by atoms with Gasteiger partial charge in [0.15, 0.2) is 0 Å². The van der Waals surface area contributed by atoms with Gasteiger partial charge in [-0.05, 0) is 42.0 Å². The van der Waals surface area contributed by atoms with Crippen LogP contribution in [0.1, 0.15) is 50.2 Å². The summed E-state index contributed by atoms with van der Waals surface area (Å²) < 4.78 is 0. The Kier molecular flexibility index (Phi) is 8.35. The zero-order valence-corrected chi connectivity index (χ0v) is 22.7. The van der Waals surface area contributed by atoms with Crippen LogP contribution >= 0.6 is 0 Å². The van der Waals surface area contributed by atoms with E-state index < -0.39 is 12.2 Å². The highest BCUT2D eigenvalue weighted by molar-refractivity contribution is 5.91. The average molecular weight is 534 g/mol. The summed E-state index contributed by atoms with van der Waals surface area (Å²) in [4.78, 5) is 44.7. The number of piperazine rings is 1. The standard InChI is InChI=1S/C30H39N5O4/c1-2-33-21-28(37)34-26(17-22-13-15-25(36)16-14-22)29(38)32(19-24-11-7-4-8-12-24)20-27(34)35(33)30(39)31-18-23-9-5-3-6-10-23/h3,5-6,9-10,13-16,24,26-27,36H,2,4,7-8,11-12,17-21H2,1H3,(H,31,39)/t26-,27-/m0/s1. The van der Waals surface area contributed by atoms with Crippen molar-refractivity contribution < 1.29 is 19.5 Å². The fourth-order valence-corrected chi connectivity index (χ4v) is 6.22. The monoisotopic (exact) mass is 533 g/mol. The third-order valence-corrected chi connectivity index (χ3v) is 8.26. The number of nitrogens with zero attached hydrogens (tertiary/aromatic N) is 4. The highest BCUT2D eigenvalue weighted by Crippen LogP contribution is 2.31. The van der Waals surface area contributed by atoms with Gasteiger partial charge in [0.2, 0.25) is 11.8 Å². The first-order chi connectivity index (χ1) is 18.9. The van der Waals surface area contributed by atoms with Gasteiger partial charge in [0.1, 0.15) is 18.0 Å². The van der Waals surface area contributed by atoms with Gasteiger partial charge in [-0.3, -0.25) is 9.59 Å². The minimum atomic E-state index is -0.715. The van der Waals surface area contributed by atoms with Gasteiger partial charge in [-0.1, -0.05) is 68.7 Å². The number of rotatable bonds is 7. The number of hydrogen-bond acceptors (Lipinski definition) is 5. The Balaban J connectivity index is 1.44. The molecular formula is C30H39N5O4. The lowest BCUT2D eigenvalue weighted by atomic mass is 9.88. The number of phenols is 1. The molecule has 2 saturated heterocycles. The summed E-state index contributed by atoms with van der Waals surface area (Å²) in [5, 5.41) is 16.2. The van der Waals surface area contributed by atoms with E-state index in [1.807, 2.05) is 42.2 Å². The first-order valence-corrected chi connectivity index (χ1v) is 14.2. The number of amides is 4. The lowest BCUT2D eigenvalue weighted by Crippen LogP contribution is -2.76. The zero-order valence-electron chi connectivity index (χ0n) is 22.7. The van der Waals surface area contributed by atoms with Crippen molar-refractivity contribution in [1.82, 2.24) is 25.1 Å². The molecule has 0 spiro atoms. The van der Waals surface area contributed by atoms with Crippen molar-refractivity contribution >= 4 is 17.8 Å². The van der Waals surface area contributed by atoms with E-state index in [1.165, 1.54) is 19.3 Å². The van der Waals surface area contributed by atoms with Crippen LogP contribution in [0.15, 0.2) is 54.6 Å². The second-order valence-corrected chi connectivity index (χ2v) is 10.9. The number of fused-ring (bicyclic) bond motifs is 1. The summed E-state index contributed by atoms with van der Waals surface area (Å²) in [7, 11) is 0. The Hall–Kier alpha value is -3.59. The highest BCUT2D eigenvalue weighted by atomic mass is 16.3. The van der Waals surface area contributed by atoms with Gasteiger partial charge in [0.05, 0.1) is 13.1 Å². The molecular weight excluding hydrogens is 494 g/mol. The van der Waals surface area contributed by atoms with Crippen LogP contribution in [0.2, 0.25) is 0 Å². The molecule has 0 aromatic heterocycles. The van der Waals surface area contributed by atoms with Crippen molar-refractivity contribution in [3.05, 3.63) is 65.7 Å². The molecule has 2 aromatic rings. The maximum Gasteiger partial charge on any atom is 0.334 e. The molecule has 9 nitrogen and oxygen atoms in total. The van der Waals surface area contributed by atoms with Crippen LogP contribution < -0.4 is 5.32 Å². The lowest BCUT2D eigenvalue weighted by molar-refractivity contribution is -0.190. The van der Waals surface area contributed by atoms with Crippen molar-refractivity contribution in [2.45, 2.75) is 64.2 Å². The predicted octanol–water partition coefficient (Wildman–Crippen LogP) is 3.34. The van der Waals surface area contributed by atoms with Crippen LogP contribution in [0.25, 0.3) is 0 Å². The maximum atomic E-state index is 14.0. The maximum absolute atomic E-state index is 14.0. The van der Waals surface area contributed by atoms with Crippen molar-refractivity contribution in [2.75, 3.05) is 26.2 Å². The Bertz CT molecular complexity index is 1150. The third-order valence-electron chi connectivity index (χ3n) is 8.26. The van der Waals surface area contributed by atoms with E-state index in [-0.39, 0.29) is 30.1 Å². The molecule has 0 radical (unpaired) electrons. The number of hydrogen-bond donors (Lipinski definition) is 2. The molecule has 3 fully saturated rings. The molecule has 1 saturated carbocycles. The highest BCUT2D eigenvalue weighted by Gasteiger charge is 2.51. The molecule has 9 heteroatoms. The number of nitrogens with one attached hydrogen (secondary N) is 1. The summed E-state index contributed by atoms with van der Waals surface area (Å²) in [6, 6.07) is 15.5. The number of benzene rings is 2. The first kappa shape index (κ1) is 27.0.